The van der Waals surface area contributed by atoms with Crippen LogP contribution in [0.4, 0.5) is 4.79 Å². The minimum absolute atomic E-state index is 0.0429. The first-order chi connectivity index (χ1) is 14.4. The van der Waals surface area contributed by atoms with E-state index in [0.29, 0.717) is 50.9 Å². The lowest BCUT2D eigenvalue weighted by atomic mass is 10.1. The third-order valence-electron chi connectivity index (χ3n) is 4.69. The summed E-state index contributed by atoms with van der Waals surface area (Å²) in [6.45, 7) is 10.8. The van der Waals surface area contributed by atoms with Gasteiger partial charge in [-0.15, -0.1) is 0 Å². The molecule has 0 aliphatic rings. The van der Waals surface area contributed by atoms with E-state index in [0.717, 1.165) is 24.8 Å². The van der Waals surface area contributed by atoms with Gasteiger partial charge in [0.1, 0.15) is 12.4 Å². The number of carboxylic acid groups (broad SMARTS) is 1. The molecule has 0 aliphatic carbocycles. The normalized spacial score (nSPS) is 11.9. The molecule has 0 aliphatic heterocycles. The lowest BCUT2D eigenvalue weighted by molar-refractivity contribution is -0.149. The zero-order chi connectivity index (χ0) is 22.4. The van der Waals surface area contributed by atoms with E-state index < -0.39 is 12.1 Å². The molecule has 0 saturated carbocycles. The van der Waals surface area contributed by atoms with Crippen LogP contribution in [-0.4, -0.2) is 61.0 Å². The summed E-state index contributed by atoms with van der Waals surface area (Å²) in [6, 6.07) is 7.29. The number of urea groups is 1. The summed E-state index contributed by atoms with van der Waals surface area (Å²) < 4.78 is 11.1. The van der Waals surface area contributed by atoms with Crippen molar-refractivity contribution in [1.82, 2.24) is 10.2 Å². The molecule has 7 nitrogen and oxygen atoms in total. The number of hydrogen-bond acceptors (Lipinski definition) is 4. The number of hydrogen-bond donors (Lipinski definition) is 2. The number of nitrogens with one attached hydrogen (secondary N) is 1. The Morgan fingerprint density at radius 2 is 1.83 bits per heavy atom. The number of benzene rings is 1. The van der Waals surface area contributed by atoms with E-state index in [1.54, 1.807) is 6.92 Å². The quantitative estimate of drug-likeness (QED) is 0.418. The summed E-state index contributed by atoms with van der Waals surface area (Å²) in [7, 11) is 0. The van der Waals surface area contributed by atoms with Crippen LogP contribution < -0.4 is 10.1 Å². The van der Waals surface area contributed by atoms with E-state index in [1.165, 1.54) is 0 Å². The van der Waals surface area contributed by atoms with Crippen LogP contribution in [0.15, 0.2) is 24.3 Å². The highest BCUT2D eigenvalue weighted by Gasteiger charge is 2.18. The van der Waals surface area contributed by atoms with Crippen molar-refractivity contribution in [2.45, 2.75) is 59.5 Å². The second kappa shape index (κ2) is 14.7. The predicted molar refractivity (Wildman–Crippen MR) is 118 cm³/mol. The SMILES string of the molecule is CCCCNC(=O)N(CCOc1ccc(CC(OCC)C(=O)O)cc1)CCC(C)C. The second-order valence-electron chi connectivity index (χ2n) is 7.73. The Bertz CT molecular complexity index is 619. The van der Waals surface area contributed by atoms with Gasteiger partial charge in [0.05, 0.1) is 6.54 Å². The molecule has 0 saturated heterocycles. The molecular formula is C23H38N2O5. The van der Waals surface area contributed by atoms with E-state index in [4.69, 9.17) is 9.47 Å². The fourth-order valence-electron chi connectivity index (χ4n) is 2.84. The van der Waals surface area contributed by atoms with E-state index in [2.05, 4.69) is 26.1 Å². The summed E-state index contributed by atoms with van der Waals surface area (Å²) in [5.74, 6) is 0.254. The number of ether oxygens (including phenoxy) is 2. The van der Waals surface area contributed by atoms with Crippen molar-refractivity contribution in [3.05, 3.63) is 29.8 Å². The number of rotatable bonds is 15. The lowest BCUT2D eigenvalue weighted by Gasteiger charge is -2.24. The van der Waals surface area contributed by atoms with E-state index in [-0.39, 0.29) is 6.03 Å². The molecule has 0 fully saturated rings. The maximum Gasteiger partial charge on any atom is 0.333 e. The smallest absolute Gasteiger partial charge is 0.333 e. The van der Waals surface area contributed by atoms with Crippen LogP contribution in [-0.2, 0) is 16.0 Å². The molecule has 1 unspecified atom stereocenters. The fourth-order valence-corrected chi connectivity index (χ4v) is 2.84. The van der Waals surface area contributed by atoms with Crippen LogP contribution in [0.5, 0.6) is 5.75 Å². The zero-order valence-corrected chi connectivity index (χ0v) is 18.9. The van der Waals surface area contributed by atoms with Crippen LogP contribution in [0.3, 0.4) is 0 Å². The molecule has 0 radical (unpaired) electrons. The maximum absolute atomic E-state index is 12.4. The van der Waals surface area contributed by atoms with Crippen molar-refractivity contribution in [2.75, 3.05) is 32.8 Å². The number of carbonyl (C=O) groups excluding carboxylic acids is 1. The van der Waals surface area contributed by atoms with Crippen LogP contribution in [0.1, 0.15) is 52.5 Å². The average molecular weight is 423 g/mol. The van der Waals surface area contributed by atoms with Gasteiger partial charge in [0.25, 0.3) is 0 Å². The molecule has 1 aromatic carbocycles. The van der Waals surface area contributed by atoms with Crippen molar-refractivity contribution in [1.29, 1.82) is 0 Å². The van der Waals surface area contributed by atoms with E-state index >= 15 is 0 Å². The van der Waals surface area contributed by atoms with Crippen LogP contribution >= 0.6 is 0 Å². The minimum atomic E-state index is -0.962. The van der Waals surface area contributed by atoms with Gasteiger partial charge >= 0.3 is 12.0 Å². The summed E-state index contributed by atoms with van der Waals surface area (Å²) in [5, 5.41) is 12.2. The van der Waals surface area contributed by atoms with Gasteiger partial charge in [-0.05, 0) is 43.4 Å². The fraction of sp³-hybridized carbons (Fsp3) is 0.652. The Balaban J connectivity index is 2.54. The molecule has 2 N–H and O–H groups in total. The van der Waals surface area contributed by atoms with Crippen LogP contribution in [0.2, 0.25) is 0 Å². The average Bonchev–Trinajstić information content (AvgIpc) is 2.71. The van der Waals surface area contributed by atoms with Gasteiger partial charge in [0, 0.05) is 26.1 Å². The van der Waals surface area contributed by atoms with Gasteiger partial charge in [0.15, 0.2) is 6.10 Å². The van der Waals surface area contributed by atoms with Crippen LogP contribution in [0.25, 0.3) is 0 Å². The molecule has 30 heavy (non-hydrogen) atoms. The molecule has 0 bridgehead atoms. The third-order valence-corrected chi connectivity index (χ3v) is 4.69. The number of aliphatic carboxylic acids is 1. The van der Waals surface area contributed by atoms with Gasteiger partial charge < -0.3 is 24.8 Å². The van der Waals surface area contributed by atoms with Crippen molar-refractivity contribution < 1.29 is 24.2 Å². The molecular weight excluding hydrogens is 384 g/mol. The molecule has 7 heteroatoms. The van der Waals surface area contributed by atoms with Gasteiger partial charge in [-0.2, -0.15) is 0 Å². The maximum atomic E-state index is 12.4. The topological polar surface area (TPSA) is 88.1 Å². The Labute approximate surface area is 180 Å². The first-order valence-corrected chi connectivity index (χ1v) is 11.0. The Kier molecular flexibility index (Phi) is 12.6. The third kappa shape index (κ3) is 10.5. The monoisotopic (exact) mass is 422 g/mol. The zero-order valence-electron chi connectivity index (χ0n) is 18.9. The van der Waals surface area contributed by atoms with Gasteiger partial charge in [0.2, 0.25) is 0 Å². The molecule has 1 atom stereocenters. The molecule has 0 spiro atoms. The Hall–Kier alpha value is -2.28. The van der Waals surface area contributed by atoms with Crippen molar-refractivity contribution in [2.24, 2.45) is 5.92 Å². The molecule has 1 rings (SSSR count). The van der Waals surface area contributed by atoms with E-state index in [1.807, 2.05) is 29.2 Å². The first kappa shape index (κ1) is 25.8. The van der Waals surface area contributed by atoms with Crippen LogP contribution in [0, 0.1) is 5.92 Å². The van der Waals surface area contributed by atoms with Crippen molar-refractivity contribution in [3.8, 4) is 5.75 Å². The summed E-state index contributed by atoms with van der Waals surface area (Å²) in [6.07, 6.45) is 2.43. The standard InChI is InChI=1S/C23H38N2O5/c1-5-7-13-24-23(28)25(14-12-18(3)4)15-16-30-20-10-8-19(9-11-20)17-21(22(26)27)29-6-2/h8-11,18,21H,5-7,12-17H2,1-4H3,(H,24,28)(H,26,27). The molecule has 170 valence electrons. The second-order valence-corrected chi connectivity index (χ2v) is 7.73. The molecule has 1 aromatic rings. The largest absolute Gasteiger partial charge is 0.492 e. The summed E-state index contributed by atoms with van der Waals surface area (Å²) >= 11 is 0. The van der Waals surface area contributed by atoms with Gasteiger partial charge in [-0.3, -0.25) is 0 Å². The number of amides is 2. The first-order valence-electron chi connectivity index (χ1n) is 11.0. The summed E-state index contributed by atoms with van der Waals surface area (Å²) in [5.41, 5.74) is 0.872. The molecule has 0 aromatic heterocycles. The summed E-state index contributed by atoms with van der Waals surface area (Å²) in [4.78, 5) is 25.4. The predicted octanol–water partition coefficient (Wildman–Crippen LogP) is 3.96. The Morgan fingerprint density at radius 1 is 1.13 bits per heavy atom. The van der Waals surface area contributed by atoms with Gasteiger partial charge in [-0.25, -0.2) is 9.59 Å². The van der Waals surface area contributed by atoms with Crippen molar-refractivity contribution in [3.63, 3.8) is 0 Å². The lowest BCUT2D eigenvalue weighted by Crippen LogP contribution is -2.43. The number of carbonyl (C=O) groups is 2. The number of nitrogens with zero attached hydrogens (tertiary/aromatic N) is 1. The highest BCUT2D eigenvalue weighted by Crippen LogP contribution is 2.15. The molecule has 0 heterocycles. The highest BCUT2D eigenvalue weighted by molar-refractivity contribution is 5.74. The number of unbranched alkanes of at least 4 members (excludes halogenated alkanes) is 1. The highest BCUT2D eigenvalue weighted by atomic mass is 16.5. The van der Waals surface area contributed by atoms with Crippen molar-refractivity contribution >= 4 is 12.0 Å². The van der Waals surface area contributed by atoms with E-state index in [9.17, 15) is 14.7 Å². The molecule has 2 amide bonds. The minimum Gasteiger partial charge on any atom is -0.492 e. The number of carboxylic acids is 1. The Morgan fingerprint density at radius 3 is 2.40 bits per heavy atom. The van der Waals surface area contributed by atoms with Gasteiger partial charge in [-0.1, -0.05) is 39.3 Å².